The molecule has 0 atom stereocenters. The summed E-state index contributed by atoms with van der Waals surface area (Å²) in [6.07, 6.45) is 3.21. The second kappa shape index (κ2) is 5.53. The van der Waals surface area contributed by atoms with Crippen molar-refractivity contribution in [3.63, 3.8) is 0 Å². The highest BCUT2D eigenvalue weighted by molar-refractivity contribution is 7.90. The highest BCUT2D eigenvalue weighted by Crippen LogP contribution is 2.32. The zero-order valence-electron chi connectivity index (χ0n) is 9.28. The van der Waals surface area contributed by atoms with E-state index in [1.165, 1.54) is 0 Å². The van der Waals surface area contributed by atoms with E-state index >= 15 is 0 Å². The lowest BCUT2D eigenvalue weighted by molar-refractivity contribution is -0.0509. The SMILES string of the molecule is O=S(=O)(N(CCO)C1CCCCC1)C(F)(F)F. The minimum absolute atomic E-state index is 0.409. The van der Waals surface area contributed by atoms with Crippen molar-refractivity contribution in [1.29, 1.82) is 0 Å². The predicted molar refractivity (Wildman–Crippen MR) is 55.6 cm³/mol. The Morgan fingerprint density at radius 3 is 2.12 bits per heavy atom. The molecule has 102 valence electrons. The van der Waals surface area contributed by atoms with E-state index in [2.05, 4.69) is 0 Å². The standard InChI is InChI=1S/C9H16F3NO3S/c10-9(11,12)17(15,16)13(6-7-14)8-4-2-1-3-5-8/h8,14H,1-7H2. The molecule has 0 amide bonds. The minimum Gasteiger partial charge on any atom is -0.395 e. The maximum Gasteiger partial charge on any atom is 0.511 e. The molecule has 0 radical (unpaired) electrons. The number of rotatable bonds is 4. The molecule has 1 N–H and O–H groups in total. The fourth-order valence-electron chi connectivity index (χ4n) is 2.10. The maximum absolute atomic E-state index is 12.5. The Balaban J connectivity index is 2.92. The monoisotopic (exact) mass is 275 g/mol. The Morgan fingerprint density at radius 1 is 1.18 bits per heavy atom. The fraction of sp³-hybridized carbons (Fsp3) is 1.00. The van der Waals surface area contributed by atoms with E-state index in [1.54, 1.807) is 0 Å². The molecule has 8 heteroatoms. The lowest BCUT2D eigenvalue weighted by Gasteiger charge is -2.33. The summed E-state index contributed by atoms with van der Waals surface area (Å²) in [7, 11) is -5.33. The number of halogens is 3. The van der Waals surface area contributed by atoms with Crippen LogP contribution in [0.1, 0.15) is 32.1 Å². The Bertz CT molecular complexity index is 336. The summed E-state index contributed by atoms with van der Waals surface area (Å²) in [6, 6.07) is -0.637. The van der Waals surface area contributed by atoms with E-state index in [0.717, 1.165) is 19.3 Å². The highest BCUT2D eigenvalue weighted by Gasteiger charge is 2.51. The van der Waals surface area contributed by atoms with E-state index in [4.69, 9.17) is 5.11 Å². The van der Waals surface area contributed by atoms with Crippen molar-refractivity contribution in [1.82, 2.24) is 4.31 Å². The van der Waals surface area contributed by atoms with Crippen LogP contribution >= 0.6 is 0 Å². The largest absolute Gasteiger partial charge is 0.511 e. The lowest BCUT2D eigenvalue weighted by Crippen LogP contribution is -2.48. The predicted octanol–water partition coefficient (Wildman–Crippen LogP) is 1.46. The Hall–Kier alpha value is -0.340. The summed E-state index contributed by atoms with van der Waals surface area (Å²) in [5, 5.41) is 8.72. The van der Waals surface area contributed by atoms with Crippen LogP contribution < -0.4 is 0 Å². The van der Waals surface area contributed by atoms with E-state index in [9.17, 15) is 21.6 Å². The number of sulfonamides is 1. The van der Waals surface area contributed by atoms with Gasteiger partial charge in [0.15, 0.2) is 0 Å². The average Bonchev–Trinajstić information content (AvgIpc) is 2.25. The molecule has 1 saturated carbocycles. The maximum atomic E-state index is 12.5. The van der Waals surface area contributed by atoms with Gasteiger partial charge in [-0.25, -0.2) is 8.42 Å². The molecule has 0 heterocycles. The topological polar surface area (TPSA) is 57.6 Å². The zero-order chi connectivity index (χ0) is 13.1. The molecule has 4 nitrogen and oxygen atoms in total. The summed E-state index contributed by atoms with van der Waals surface area (Å²) in [5.41, 5.74) is -5.29. The van der Waals surface area contributed by atoms with Gasteiger partial charge in [0.05, 0.1) is 6.61 Å². The van der Waals surface area contributed by atoms with Gasteiger partial charge < -0.3 is 5.11 Å². The van der Waals surface area contributed by atoms with Crippen LogP contribution in [0, 0.1) is 0 Å². The number of hydrogen-bond donors (Lipinski definition) is 1. The molecule has 1 fully saturated rings. The first-order valence-corrected chi connectivity index (χ1v) is 6.93. The van der Waals surface area contributed by atoms with Crippen LogP contribution in [-0.4, -0.2) is 42.5 Å². The summed E-state index contributed by atoms with van der Waals surface area (Å²) in [6.45, 7) is -1.10. The smallest absolute Gasteiger partial charge is 0.395 e. The summed E-state index contributed by atoms with van der Waals surface area (Å²) in [5.74, 6) is 0. The third kappa shape index (κ3) is 3.32. The molecule has 0 saturated heterocycles. The summed E-state index contributed by atoms with van der Waals surface area (Å²) >= 11 is 0. The summed E-state index contributed by atoms with van der Waals surface area (Å²) < 4.78 is 60.4. The third-order valence-electron chi connectivity index (χ3n) is 2.90. The van der Waals surface area contributed by atoms with Gasteiger partial charge in [0.2, 0.25) is 0 Å². The van der Waals surface area contributed by atoms with Crippen LogP contribution in [0.4, 0.5) is 13.2 Å². The van der Waals surface area contributed by atoms with Gasteiger partial charge in [-0.15, -0.1) is 0 Å². The van der Waals surface area contributed by atoms with Gasteiger partial charge >= 0.3 is 15.5 Å². The van der Waals surface area contributed by atoms with Gasteiger partial charge in [-0.1, -0.05) is 19.3 Å². The minimum atomic E-state index is -5.33. The molecule has 1 aliphatic rings. The fourth-order valence-corrected chi connectivity index (χ4v) is 3.29. The van der Waals surface area contributed by atoms with Crippen molar-refractivity contribution in [3.8, 4) is 0 Å². The van der Waals surface area contributed by atoms with Crippen molar-refractivity contribution in [2.75, 3.05) is 13.2 Å². The molecule has 1 aliphatic carbocycles. The second-order valence-corrected chi connectivity index (χ2v) is 5.96. The van der Waals surface area contributed by atoms with Crippen LogP contribution in [0.5, 0.6) is 0 Å². The van der Waals surface area contributed by atoms with Gasteiger partial charge in [0.25, 0.3) is 0 Å². The first kappa shape index (κ1) is 14.7. The lowest BCUT2D eigenvalue weighted by atomic mass is 9.95. The van der Waals surface area contributed by atoms with Crippen LogP contribution in [-0.2, 0) is 10.0 Å². The quantitative estimate of drug-likeness (QED) is 0.845. The summed E-state index contributed by atoms with van der Waals surface area (Å²) in [4.78, 5) is 0. The Labute approximate surface area is 98.5 Å². The Morgan fingerprint density at radius 2 is 1.71 bits per heavy atom. The van der Waals surface area contributed by atoms with Crippen molar-refractivity contribution in [2.45, 2.75) is 43.7 Å². The van der Waals surface area contributed by atoms with E-state index in [1.807, 2.05) is 0 Å². The number of alkyl halides is 3. The van der Waals surface area contributed by atoms with Gasteiger partial charge in [-0.05, 0) is 12.8 Å². The van der Waals surface area contributed by atoms with Crippen LogP contribution in [0.25, 0.3) is 0 Å². The first-order chi connectivity index (χ1) is 7.80. The molecule has 0 aliphatic heterocycles. The van der Waals surface area contributed by atoms with Gasteiger partial charge in [-0.3, -0.25) is 0 Å². The van der Waals surface area contributed by atoms with Gasteiger partial charge in [0, 0.05) is 12.6 Å². The molecule has 0 aromatic heterocycles. The molecule has 0 unspecified atom stereocenters. The van der Waals surface area contributed by atoms with Crippen LogP contribution in [0.2, 0.25) is 0 Å². The normalized spacial score (nSPS) is 19.8. The van der Waals surface area contributed by atoms with E-state index in [-0.39, 0.29) is 0 Å². The van der Waals surface area contributed by atoms with E-state index < -0.39 is 34.7 Å². The van der Waals surface area contributed by atoms with Crippen LogP contribution in [0.15, 0.2) is 0 Å². The first-order valence-electron chi connectivity index (χ1n) is 5.49. The average molecular weight is 275 g/mol. The van der Waals surface area contributed by atoms with E-state index in [0.29, 0.717) is 17.1 Å². The second-order valence-electron chi connectivity index (χ2n) is 4.08. The molecule has 0 aromatic carbocycles. The highest BCUT2D eigenvalue weighted by atomic mass is 32.2. The van der Waals surface area contributed by atoms with Crippen molar-refractivity contribution in [3.05, 3.63) is 0 Å². The number of aliphatic hydroxyl groups is 1. The molecule has 0 aromatic rings. The number of hydrogen-bond acceptors (Lipinski definition) is 3. The van der Waals surface area contributed by atoms with Crippen molar-refractivity contribution in [2.24, 2.45) is 0 Å². The molecule has 17 heavy (non-hydrogen) atoms. The Kier molecular flexibility index (Phi) is 4.79. The van der Waals surface area contributed by atoms with Crippen LogP contribution in [0.3, 0.4) is 0 Å². The van der Waals surface area contributed by atoms with Crippen molar-refractivity contribution < 1.29 is 26.7 Å². The number of nitrogens with zero attached hydrogens (tertiary/aromatic N) is 1. The number of aliphatic hydroxyl groups excluding tert-OH is 1. The van der Waals surface area contributed by atoms with Gasteiger partial charge in [0.1, 0.15) is 0 Å². The van der Waals surface area contributed by atoms with Gasteiger partial charge in [-0.2, -0.15) is 17.5 Å². The molecular weight excluding hydrogens is 259 g/mol. The molecule has 0 spiro atoms. The molecule has 1 rings (SSSR count). The zero-order valence-corrected chi connectivity index (χ0v) is 10.1. The van der Waals surface area contributed by atoms with Crippen molar-refractivity contribution >= 4 is 10.0 Å². The molecular formula is C9H16F3NO3S. The molecule has 0 bridgehead atoms. The third-order valence-corrected chi connectivity index (χ3v) is 4.59.